The topological polar surface area (TPSA) is 71.1 Å². The SMILES string of the molecule is COP(=O)(OC)C(Cl)(Cl)P(=O)(Oc1ccccc1)Oc1ccccc1. The van der Waals surface area contributed by atoms with Crippen LogP contribution in [0.4, 0.5) is 0 Å². The first-order chi connectivity index (χ1) is 11.8. The lowest BCUT2D eigenvalue weighted by Gasteiger charge is -2.32. The van der Waals surface area contributed by atoms with E-state index < -0.39 is 19.0 Å². The highest BCUT2D eigenvalue weighted by molar-refractivity contribution is 7.80. The molecule has 6 nitrogen and oxygen atoms in total. The van der Waals surface area contributed by atoms with Crippen LogP contribution in [0.25, 0.3) is 0 Å². The Balaban J connectivity index is 2.51. The van der Waals surface area contributed by atoms with Crippen LogP contribution in [0.3, 0.4) is 0 Å². The van der Waals surface area contributed by atoms with Gasteiger partial charge in [0.05, 0.1) is 0 Å². The molecule has 0 fully saturated rings. The number of para-hydroxylation sites is 2. The number of hydrogen-bond donors (Lipinski definition) is 0. The lowest BCUT2D eigenvalue weighted by Crippen LogP contribution is -2.23. The zero-order valence-electron chi connectivity index (χ0n) is 13.4. The maximum Gasteiger partial charge on any atom is 0.479 e. The Labute approximate surface area is 156 Å². The van der Waals surface area contributed by atoms with Crippen molar-refractivity contribution in [2.24, 2.45) is 0 Å². The van der Waals surface area contributed by atoms with E-state index in [1.54, 1.807) is 36.4 Å². The van der Waals surface area contributed by atoms with Crippen LogP contribution >= 0.6 is 38.4 Å². The van der Waals surface area contributed by atoms with Crippen LogP contribution in [-0.4, -0.2) is 18.0 Å². The number of hydrogen-bond acceptors (Lipinski definition) is 6. The van der Waals surface area contributed by atoms with Crippen molar-refractivity contribution in [2.45, 2.75) is 3.82 Å². The quantitative estimate of drug-likeness (QED) is 0.387. The minimum atomic E-state index is -4.50. The van der Waals surface area contributed by atoms with E-state index in [1.807, 2.05) is 0 Å². The molecule has 0 aliphatic carbocycles. The summed E-state index contributed by atoms with van der Waals surface area (Å²) in [5.41, 5.74) is 0. The molecule has 0 unspecified atom stereocenters. The number of alkyl halides is 2. The summed E-state index contributed by atoms with van der Waals surface area (Å²) in [5, 5.41) is 0. The van der Waals surface area contributed by atoms with Gasteiger partial charge in [0, 0.05) is 14.2 Å². The molecule has 2 aromatic carbocycles. The average molecular weight is 425 g/mol. The Bertz CT molecular complexity index is 732. The molecule has 0 saturated carbocycles. The molecule has 2 aromatic rings. The van der Waals surface area contributed by atoms with Crippen molar-refractivity contribution in [3.05, 3.63) is 60.7 Å². The summed E-state index contributed by atoms with van der Waals surface area (Å²) in [7, 11) is -6.63. The number of halogens is 2. The predicted octanol–water partition coefficient (Wildman–Crippen LogP) is 5.91. The third kappa shape index (κ3) is 4.22. The van der Waals surface area contributed by atoms with Crippen LogP contribution in [0.5, 0.6) is 11.5 Å². The van der Waals surface area contributed by atoms with Gasteiger partial charge < -0.3 is 18.1 Å². The van der Waals surface area contributed by atoms with Crippen molar-refractivity contribution < 1.29 is 27.2 Å². The zero-order valence-corrected chi connectivity index (χ0v) is 16.7. The number of rotatable bonds is 8. The van der Waals surface area contributed by atoms with E-state index in [0.717, 1.165) is 14.2 Å². The van der Waals surface area contributed by atoms with Gasteiger partial charge in [0.15, 0.2) is 0 Å². The van der Waals surface area contributed by atoms with Gasteiger partial charge in [0.2, 0.25) is 0 Å². The van der Waals surface area contributed by atoms with Gasteiger partial charge in [-0.05, 0) is 24.3 Å². The first kappa shape index (κ1) is 20.3. The van der Waals surface area contributed by atoms with Gasteiger partial charge in [0.1, 0.15) is 11.5 Å². The van der Waals surface area contributed by atoms with E-state index in [4.69, 9.17) is 41.3 Å². The fourth-order valence-corrected chi connectivity index (χ4v) is 6.63. The van der Waals surface area contributed by atoms with Gasteiger partial charge in [-0.15, -0.1) is 0 Å². The van der Waals surface area contributed by atoms with Crippen LogP contribution in [0.15, 0.2) is 60.7 Å². The van der Waals surface area contributed by atoms with E-state index >= 15 is 0 Å². The van der Waals surface area contributed by atoms with Crippen LogP contribution < -0.4 is 9.05 Å². The summed E-state index contributed by atoms with van der Waals surface area (Å²) < 4.78 is 44.2. The molecule has 10 heteroatoms. The Morgan fingerprint density at radius 1 is 0.720 bits per heavy atom. The largest absolute Gasteiger partial charge is 0.479 e. The van der Waals surface area contributed by atoms with Crippen molar-refractivity contribution in [3.63, 3.8) is 0 Å². The van der Waals surface area contributed by atoms with E-state index in [9.17, 15) is 9.13 Å². The van der Waals surface area contributed by atoms with Crippen LogP contribution in [0, 0.1) is 0 Å². The van der Waals surface area contributed by atoms with Crippen molar-refractivity contribution in [1.82, 2.24) is 0 Å². The van der Waals surface area contributed by atoms with Crippen molar-refractivity contribution >= 4 is 38.4 Å². The molecule has 0 saturated heterocycles. The maximum atomic E-state index is 13.5. The normalized spacial score (nSPS) is 12.6. The first-order valence-corrected chi connectivity index (χ1v) is 10.8. The molecule has 0 bridgehead atoms. The summed E-state index contributed by atoms with van der Waals surface area (Å²) >= 11 is 12.4. The smallest absolute Gasteiger partial charge is 0.414 e. The molecule has 0 atom stereocenters. The van der Waals surface area contributed by atoms with E-state index in [1.165, 1.54) is 24.3 Å². The monoisotopic (exact) mass is 424 g/mol. The Morgan fingerprint density at radius 2 is 1.08 bits per heavy atom. The summed E-state index contributed by atoms with van der Waals surface area (Å²) in [6.45, 7) is 0. The molecule has 2 rings (SSSR count). The van der Waals surface area contributed by atoms with Gasteiger partial charge in [-0.25, -0.2) is 4.57 Å². The van der Waals surface area contributed by atoms with Crippen molar-refractivity contribution in [1.29, 1.82) is 0 Å². The van der Waals surface area contributed by atoms with E-state index in [-0.39, 0.29) is 11.5 Å². The number of benzene rings is 2. The second kappa shape index (κ2) is 8.13. The Hall–Kier alpha value is -1.00. The Morgan fingerprint density at radius 3 is 1.40 bits per heavy atom. The highest BCUT2D eigenvalue weighted by Crippen LogP contribution is 2.80. The minimum absolute atomic E-state index is 0.159. The molecule has 25 heavy (non-hydrogen) atoms. The third-order valence-electron chi connectivity index (χ3n) is 3.08. The summed E-state index contributed by atoms with van der Waals surface area (Å²) in [4.78, 5) is 0. The van der Waals surface area contributed by atoms with E-state index in [0.29, 0.717) is 0 Å². The molecule has 0 aliphatic heterocycles. The van der Waals surface area contributed by atoms with Crippen molar-refractivity contribution in [2.75, 3.05) is 14.2 Å². The summed E-state index contributed by atoms with van der Waals surface area (Å²) in [6.07, 6.45) is 0. The lowest BCUT2D eigenvalue weighted by molar-refractivity contribution is 0.271. The fourth-order valence-electron chi connectivity index (χ4n) is 1.81. The molecule has 0 N–H and O–H groups in total. The molecule has 136 valence electrons. The predicted molar refractivity (Wildman–Crippen MR) is 97.8 cm³/mol. The zero-order chi connectivity index (χ0) is 18.6. The van der Waals surface area contributed by atoms with Gasteiger partial charge in [-0.2, -0.15) is 0 Å². The summed E-state index contributed by atoms with van der Waals surface area (Å²) in [5.74, 6) is 0.317. The van der Waals surface area contributed by atoms with Gasteiger partial charge in [-0.3, -0.25) is 4.57 Å². The molecular weight excluding hydrogens is 409 g/mol. The molecular formula is C15H16Cl2O6P2. The second-order valence-corrected chi connectivity index (χ2v) is 11.8. The highest BCUT2D eigenvalue weighted by Gasteiger charge is 2.66. The molecule has 0 amide bonds. The summed E-state index contributed by atoms with van der Waals surface area (Å²) in [6, 6.07) is 16.2. The van der Waals surface area contributed by atoms with Crippen LogP contribution in [0.2, 0.25) is 0 Å². The lowest BCUT2D eigenvalue weighted by atomic mass is 10.3. The van der Waals surface area contributed by atoms with Crippen LogP contribution in [0.1, 0.15) is 0 Å². The Kier molecular flexibility index (Phi) is 6.61. The molecule has 0 heterocycles. The maximum absolute atomic E-state index is 13.5. The van der Waals surface area contributed by atoms with Crippen molar-refractivity contribution in [3.8, 4) is 11.5 Å². The molecule has 0 aliphatic rings. The minimum Gasteiger partial charge on any atom is -0.414 e. The van der Waals surface area contributed by atoms with E-state index in [2.05, 4.69) is 0 Å². The standard InChI is InChI=1S/C15H16Cl2O6P2/c1-20-24(18,21-2)15(16,17)25(19,22-13-9-5-3-6-10-13)23-14-11-7-4-8-12-14/h3-12H,1-2H3. The fraction of sp³-hybridized carbons (Fsp3) is 0.200. The average Bonchev–Trinajstić information content (AvgIpc) is 2.62. The molecule has 0 radical (unpaired) electrons. The highest BCUT2D eigenvalue weighted by atomic mass is 35.5. The second-order valence-electron chi connectivity index (χ2n) is 4.68. The first-order valence-electron chi connectivity index (χ1n) is 6.97. The molecule has 0 aromatic heterocycles. The van der Waals surface area contributed by atoms with Crippen LogP contribution in [-0.2, 0) is 18.2 Å². The molecule has 0 spiro atoms. The third-order valence-corrected chi connectivity index (χ3v) is 10.2. The van der Waals surface area contributed by atoms with Gasteiger partial charge in [-0.1, -0.05) is 59.6 Å². The van der Waals surface area contributed by atoms with Gasteiger partial charge in [0.25, 0.3) is 0 Å². The van der Waals surface area contributed by atoms with Gasteiger partial charge >= 0.3 is 19.0 Å².